The number of anilines is 2. The number of aryl methyl sites for hydroxylation is 1. The minimum Gasteiger partial charge on any atom is -0.376 e. The molecule has 0 fully saturated rings. The van der Waals surface area contributed by atoms with Gasteiger partial charge in [0.1, 0.15) is 0 Å². The molecule has 0 aromatic heterocycles. The van der Waals surface area contributed by atoms with Crippen molar-refractivity contribution >= 4 is 23.2 Å². The Bertz CT molecular complexity index is 724. The summed E-state index contributed by atoms with van der Waals surface area (Å²) in [5, 5.41) is 8.69. The van der Waals surface area contributed by atoms with Crippen molar-refractivity contribution in [3.63, 3.8) is 0 Å². The van der Waals surface area contributed by atoms with Crippen LogP contribution in [0.5, 0.6) is 0 Å². The molecule has 3 N–H and O–H groups in total. The quantitative estimate of drug-likeness (QED) is 0.764. The van der Waals surface area contributed by atoms with E-state index in [9.17, 15) is 9.59 Å². The molecule has 0 radical (unpaired) electrons. The molecule has 2 aromatic carbocycles. The second kappa shape index (κ2) is 8.15. The first-order chi connectivity index (χ1) is 11.5. The van der Waals surface area contributed by atoms with Crippen molar-refractivity contribution in [1.82, 2.24) is 5.32 Å². The summed E-state index contributed by atoms with van der Waals surface area (Å²) in [7, 11) is 0. The average Bonchev–Trinajstić information content (AvgIpc) is 2.57. The predicted molar refractivity (Wildman–Crippen MR) is 97.5 cm³/mol. The number of carbonyl (C=O) groups excluding carboxylic acids is 2. The molecule has 5 nitrogen and oxygen atoms in total. The predicted octanol–water partition coefficient (Wildman–Crippen LogP) is 3.10. The van der Waals surface area contributed by atoms with E-state index in [0.29, 0.717) is 17.8 Å². The molecule has 0 spiro atoms. The number of amides is 2. The lowest BCUT2D eigenvalue weighted by molar-refractivity contribution is -0.114. The van der Waals surface area contributed by atoms with Crippen molar-refractivity contribution in [1.29, 1.82) is 0 Å². The van der Waals surface area contributed by atoms with Gasteiger partial charge in [-0.15, -0.1) is 0 Å². The third kappa shape index (κ3) is 4.59. The number of hydrogen-bond acceptors (Lipinski definition) is 3. The van der Waals surface area contributed by atoms with Crippen LogP contribution in [0.15, 0.2) is 42.5 Å². The Hall–Kier alpha value is -2.82. The molecule has 126 valence electrons. The maximum absolute atomic E-state index is 12.1. The number of nitrogens with one attached hydrogen (secondary N) is 3. The van der Waals surface area contributed by atoms with Crippen LogP contribution in [0.3, 0.4) is 0 Å². The molecule has 0 aliphatic heterocycles. The third-order valence-corrected chi connectivity index (χ3v) is 3.81. The molecular weight excluding hydrogens is 302 g/mol. The minimum absolute atomic E-state index is 0.119. The molecule has 0 aliphatic carbocycles. The summed E-state index contributed by atoms with van der Waals surface area (Å²) in [6, 6.07) is 12.8. The molecule has 2 rings (SSSR count). The summed E-state index contributed by atoms with van der Waals surface area (Å²) in [6.07, 6.45) is 0. The number of rotatable bonds is 6. The molecular formula is C19H23N3O2. The highest BCUT2D eigenvalue weighted by atomic mass is 16.2. The Balaban J connectivity index is 1.90. The molecule has 0 atom stereocenters. The summed E-state index contributed by atoms with van der Waals surface area (Å²) in [5.74, 6) is -0.256. The molecule has 0 bridgehead atoms. The van der Waals surface area contributed by atoms with Gasteiger partial charge in [0, 0.05) is 23.5 Å². The minimum atomic E-state index is -0.137. The number of carbonyl (C=O) groups is 2. The van der Waals surface area contributed by atoms with Crippen molar-refractivity contribution < 1.29 is 9.59 Å². The molecule has 0 unspecified atom stereocenters. The van der Waals surface area contributed by atoms with E-state index < -0.39 is 0 Å². The molecule has 5 heteroatoms. The summed E-state index contributed by atoms with van der Waals surface area (Å²) in [5.41, 5.74) is 4.51. The fraction of sp³-hybridized carbons (Fsp3) is 0.263. The van der Waals surface area contributed by atoms with E-state index in [1.807, 2.05) is 39.0 Å². The topological polar surface area (TPSA) is 70.2 Å². The van der Waals surface area contributed by atoms with Gasteiger partial charge in [-0.2, -0.15) is 0 Å². The van der Waals surface area contributed by atoms with Crippen molar-refractivity contribution in [2.45, 2.75) is 20.8 Å². The maximum Gasteiger partial charge on any atom is 0.251 e. The van der Waals surface area contributed by atoms with Gasteiger partial charge in [0.05, 0.1) is 6.54 Å². The van der Waals surface area contributed by atoms with Crippen LogP contribution in [0.4, 0.5) is 11.4 Å². The largest absolute Gasteiger partial charge is 0.376 e. The highest BCUT2D eigenvalue weighted by Crippen LogP contribution is 2.17. The lowest BCUT2D eigenvalue weighted by Crippen LogP contribution is -2.23. The number of benzene rings is 2. The van der Waals surface area contributed by atoms with Crippen LogP contribution in [0.1, 0.15) is 28.4 Å². The van der Waals surface area contributed by atoms with E-state index in [4.69, 9.17) is 0 Å². The molecule has 0 saturated carbocycles. The van der Waals surface area contributed by atoms with Gasteiger partial charge in [-0.1, -0.05) is 12.1 Å². The molecule has 0 heterocycles. The zero-order valence-corrected chi connectivity index (χ0v) is 14.3. The van der Waals surface area contributed by atoms with Crippen LogP contribution < -0.4 is 16.0 Å². The average molecular weight is 325 g/mol. The Labute approximate surface area is 142 Å². The number of hydrogen-bond donors (Lipinski definition) is 3. The highest BCUT2D eigenvalue weighted by molar-refractivity contribution is 5.96. The van der Waals surface area contributed by atoms with Gasteiger partial charge in [-0.05, 0) is 62.2 Å². The monoisotopic (exact) mass is 325 g/mol. The van der Waals surface area contributed by atoms with Gasteiger partial charge >= 0.3 is 0 Å². The normalized spacial score (nSPS) is 10.1. The van der Waals surface area contributed by atoms with Crippen LogP contribution in [0, 0.1) is 13.8 Å². The first kappa shape index (κ1) is 17.5. The molecule has 24 heavy (non-hydrogen) atoms. The Morgan fingerprint density at radius 1 is 1.00 bits per heavy atom. The summed E-state index contributed by atoms with van der Waals surface area (Å²) in [6.45, 7) is 6.70. The Morgan fingerprint density at radius 2 is 1.71 bits per heavy atom. The smallest absolute Gasteiger partial charge is 0.251 e. The van der Waals surface area contributed by atoms with Crippen LogP contribution in [-0.4, -0.2) is 24.9 Å². The highest BCUT2D eigenvalue weighted by Gasteiger charge is 2.07. The van der Waals surface area contributed by atoms with E-state index in [2.05, 4.69) is 16.0 Å². The molecule has 0 aliphatic rings. The lowest BCUT2D eigenvalue weighted by Gasteiger charge is -2.12. The molecule has 0 saturated heterocycles. The molecule has 2 aromatic rings. The van der Waals surface area contributed by atoms with E-state index in [1.54, 1.807) is 24.3 Å². The summed E-state index contributed by atoms with van der Waals surface area (Å²) in [4.78, 5) is 23.7. The van der Waals surface area contributed by atoms with Gasteiger partial charge in [0.15, 0.2) is 0 Å². The summed E-state index contributed by atoms with van der Waals surface area (Å²) < 4.78 is 0. The summed E-state index contributed by atoms with van der Waals surface area (Å²) >= 11 is 0. The van der Waals surface area contributed by atoms with Crippen molar-refractivity contribution in [2.24, 2.45) is 0 Å². The maximum atomic E-state index is 12.1. The van der Waals surface area contributed by atoms with Gasteiger partial charge in [0.25, 0.3) is 5.91 Å². The Morgan fingerprint density at radius 3 is 2.38 bits per heavy atom. The second-order valence-electron chi connectivity index (χ2n) is 5.59. The zero-order chi connectivity index (χ0) is 17.5. The first-order valence-electron chi connectivity index (χ1n) is 7.99. The van der Waals surface area contributed by atoms with Crippen LogP contribution in [0.25, 0.3) is 0 Å². The fourth-order valence-corrected chi connectivity index (χ4v) is 2.29. The van der Waals surface area contributed by atoms with Gasteiger partial charge < -0.3 is 16.0 Å². The van der Waals surface area contributed by atoms with Crippen LogP contribution in [0.2, 0.25) is 0 Å². The van der Waals surface area contributed by atoms with Gasteiger partial charge in [-0.3, -0.25) is 9.59 Å². The van der Waals surface area contributed by atoms with Crippen LogP contribution >= 0.6 is 0 Å². The Kier molecular flexibility index (Phi) is 5.95. The third-order valence-electron chi connectivity index (χ3n) is 3.81. The van der Waals surface area contributed by atoms with E-state index >= 15 is 0 Å². The zero-order valence-electron chi connectivity index (χ0n) is 14.3. The SMILES string of the molecule is CCNC(=O)c1ccc(NC(=O)CNc2cccc(C)c2C)cc1. The molecule has 2 amide bonds. The van der Waals surface area contributed by atoms with E-state index in [1.165, 1.54) is 5.56 Å². The lowest BCUT2D eigenvalue weighted by atomic mass is 10.1. The van der Waals surface area contributed by atoms with Gasteiger partial charge in [0.2, 0.25) is 5.91 Å². The van der Waals surface area contributed by atoms with Crippen LogP contribution in [-0.2, 0) is 4.79 Å². The fourth-order valence-electron chi connectivity index (χ4n) is 2.29. The van der Waals surface area contributed by atoms with Crippen molar-refractivity contribution in [3.8, 4) is 0 Å². The van der Waals surface area contributed by atoms with E-state index in [0.717, 1.165) is 11.3 Å². The van der Waals surface area contributed by atoms with Crippen molar-refractivity contribution in [3.05, 3.63) is 59.2 Å². The van der Waals surface area contributed by atoms with E-state index in [-0.39, 0.29) is 18.4 Å². The standard InChI is InChI=1S/C19H23N3O2/c1-4-20-19(24)15-8-10-16(11-9-15)22-18(23)12-21-17-7-5-6-13(2)14(17)3/h5-11,21H,4,12H2,1-3H3,(H,20,24)(H,22,23). The first-order valence-corrected chi connectivity index (χ1v) is 7.99. The van der Waals surface area contributed by atoms with Gasteiger partial charge in [-0.25, -0.2) is 0 Å². The van der Waals surface area contributed by atoms with Crippen molar-refractivity contribution in [2.75, 3.05) is 23.7 Å². The second-order valence-corrected chi connectivity index (χ2v) is 5.59.